The van der Waals surface area contributed by atoms with Crippen LogP contribution < -0.4 is 0 Å². The van der Waals surface area contributed by atoms with Gasteiger partial charge in [-0.1, -0.05) is 59.8 Å². The molecule has 198 valence electrons. The SMILES string of the molecule is O=C(O)C1CCCN(CC(O)c2ccc(-c3noc(-c4snc(-c5ccccc5)c4C(F)(F)F)n3)cc2)C1. The summed E-state index contributed by atoms with van der Waals surface area (Å²) in [4.78, 5) is 17.2. The predicted molar refractivity (Wildman–Crippen MR) is 133 cm³/mol. The Morgan fingerprint density at radius 2 is 1.87 bits per heavy atom. The molecule has 2 N–H and O–H groups in total. The molecular weight excluding hydrogens is 521 g/mol. The van der Waals surface area contributed by atoms with Gasteiger partial charge in [0.1, 0.15) is 10.4 Å². The van der Waals surface area contributed by atoms with Crippen molar-refractivity contribution in [2.75, 3.05) is 19.6 Å². The number of carbonyl (C=O) groups is 1. The number of β-amino-alcohol motifs (C(OH)–C–C–N with tert-alkyl or cyclic N) is 1. The van der Waals surface area contributed by atoms with Gasteiger partial charge in [-0.15, -0.1) is 0 Å². The Balaban J connectivity index is 1.34. The fourth-order valence-corrected chi connectivity index (χ4v) is 5.40. The Morgan fingerprint density at radius 3 is 2.55 bits per heavy atom. The number of piperidine rings is 1. The van der Waals surface area contributed by atoms with Crippen molar-refractivity contribution in [2.45, 2.75) is 25.1 Å². The van der Waals surface area contributed by atoms with Crippen molar-refractivity contribution >= 4 is 17.5 Å². The van der Waals surface area contributed by atoms with Gasteiger partial charge in [-0.2, -0.15) is 22.5 Å². The maximum Gasteiger partial charge on any atom is 0.420 e. The number of alkyl halides is 3. The maximum absolute atomic E-state index is 14.0. The van der Waals surface area contributed by atoms with E-state index in [1.54, 1.807) is 54.6 Å². The fraction of sp³-hybridized carbons (Fsp3) is 0.308. The minimum absolute atomic E-state index is 0.101. The number of rotatable bonds is 7. The molecule has 0 amide bonds. The Hall–Kier alpha value is -3.61. The van der Waals surface area contributed by atoms with Crippen LogP contribution in [0.1, 0.15) is 30.1 Å². The molecule has 4 aromatic rings. The number of carboxylic acids is 1. The predicted octanol–water partition coefficient (Wildman–Crippen LogP) is 5.38. The van der Waals surface area contributed by atoms with Gasteiger partial charge in [-0.05, 0) is 36.5 Å². The number of aliphatic hydroxyl groups is 1. The average molecular weight is 545 g/mol. The van der Waals surface area contributed by atoms with E-state index in [9.17, 15) is 28.2 Å². The highest BCUT2D eigenvalue weighted by Gasteiger charge is 2.41. The lowest BCUT2D eigenvalue weighted by molar-refractivity contribution is -0.143. The molecule has 1 fully saturated rings. The van der Waals surface area contributed by atoms with Crippen molar-refractivity contribution in [3.05, 3.63) is 65.7 Å². The lowest BCUT2D eigenvalue weighted by Crippen LogP contribution is -2.40. The van der Waals surface area contributed by atoms with Crippen LogP contribution in [-0.4, -0.2) is 55.2 Å². The van der Waals surface area contributed by atoms with Gasteiger partial charge in [0.15, 0.2) is 0 Å². The number of aliphatic hydroxyl groups excluding tert-OH is 1. The van der Waals surface area contributed by atoms with Gasteiger partial charge in [0.05, 0.1) is 17.7 Å². The topological polar surface area (TPSA) is 113 Å². The molecule has 0 radical (unpaired) electrons. The summed E-state index contributed by atoms with van der Waals surface area (Å²) >= 11 is 0.643. The zero-order valence-electron chi connectivity index (χ0n) is 19.9. The number of nitrogens with zero attached hydrogens (tertiary/aromatic N) is 4. The monoisotopic (exact) mass is 544 g/mol. The van der Waals surface area contributed by atoms with Crippen molar-refractivity contribution < 1.29 is 32.7 Å². The second-order valence-corrected chi connectivity index (χ2v) is 9.87. The Morgan fingerprint density at radius 1 is 1.13 bits per heavy atom. The summed E-state index contributed by atoms with van der Waals surface area (Å²) in [7, 11) is 0. The van der Waals surface area contributed by atoms with Crippen LogP contribution in [0.15, 0.2) is 59.1 Å². The zero-order chi connectivity index (χ0) is 26.9. The molecule has 1 aliphatic heterocycles. The molecule has 12 heteroatoms. The first-order valence-electron chi connectivity index (χ1n) is 11.9. The van der Waals surface area contributed by atoms with E-state index in [1.165, 1.54) is 0 Å². The average Bonchev–Trinajstić information content (AvgIpc) is 3.57. The van der Waals surface area contributed by atoms with E-state index < -0.39 is 29.7 Å². The molecule has 0 saturated carbocycles. The summed E-state index contributed by atoms with van der Waals surface area (Å²) < 4.78 is 51.3. The summed E-state index contributed by atoms with van der Waals surface area (Å²) in [5.74, 6) is -1.45. The van der Waals surface area contributed by atoms with E-state index >= 15 is 0 Å². The molecule has 2 aromatic heterocycles. The zero-order valence-corrected chi connectivity index (χ0v) is 20.7. The summed E-state index contributed by atoms with van der Waals surface area (Å²) in [5.41, 5.74) is 0.328. The van der Waals surface area contributed by atoms with Gasteiger partial charge < -0.3 is 14.7 Å². The third kappa shape index (κ3) is 5.47. The highest BCUT2D eigenvalue weighted by molar-refractivity contribution is 7.10. The molecule has 1 saturated heterocycles. The molecule has 1 aliphatic rings. The van der Waals surface area contributed by atoms with Crippen LogP contribution in [0.4, 0.5) is 13.2 Å². The third-order valence-corrected chi connectivity index (χ3v) is 7.32. The molecular formula is C26H23F3N4O4S. The fourth-order valence-electron chi connectivity index (χ4n) is 4.55. The van der Waals surface area contributed by atoms with E-state index in [1.807, 2.05) is 4.90 Å². The summed E-state index contributed by atoms with van der Waals surface area (Å²) in [6.45, 7) is 1.40. The molecule has 2 atom stereocenters. The standard InChI is InChI=1S/C26H23F3N4O4S/c27-26(28,29)20-21(16-5-2-1-3-6-16)32-38-22(20)24-30-23(31-37-24)17-10-8-15(9-11-17)19(34)14-33-12-4-7-18(13-33)25(35)36/h1-3,5-6,8-11,18-19,34H,4,7,12-14H2,(H,35,36). The van der Waals surface area contributed by atoms with Crippen molar-refractivity contribution in [2.24, 2.45) is 5.92 Å². The first kappa shape index (κ1) is 26.0. The van der Waals surface area contributed by atoms with Crippen LogP contribution >= 0.6 is 11.5 Å². The number of halogens is 3. The van der Waals surface area contributed by atoms with Gasteiger partial charge in [0, 0.05) is 24.2 Å². The van der Waals surface area contributed by atoms with Crippen molar-refractivity contribution in [3.8, 4) is 33.4 Å². The van der Waals surface area contributed by atoms with E-state index in [4.69, 9.17) is 4.52 Å². The van der Waals surface area contributed by atoms with Crippen LogP contribution in [0.5, 0.6) is 0 Å². The number of carboxylic acid groups (broad SMARTS) is 1. The molecule has 3 heterocycles. The molecule has 8 nitrogen and oxygen atoms in total. The molecule has 5 rings (SSSR count). The van der Waals surface area contributed by atoms with Crippen molar-refractivity contribution in [1.82, 2.24) is 19.4 Å². The van der Waals surface area contributed by atoms with E-state index in [0.717, 1.165) is 6.42 Å². The van der Waals surface area contributed by atoms with E-state index in [2.05, 4.69) is 14.5 Å². The molecule has 0 aliphatic carbocycles. The third-order valence-electron chi connectivity index (χ3n) is 6.48. The van der Waals surface area contributed by atoms with Crippen LogP contribution in [-0.2, 0) is 11.0 Å². The highest BCUT2D eigenvalue weighted by atomic mass is 32.1. The minimum atomic E-state index is -4.68. The number of hydrogen-bond acceptors (Lipinski definition) is 8. The van der Waals surface area contributed by atoms with Gasteiger partial charge in [-0.25, -0.2) is 0 Å². The van der Waals surface area contributed by atoms with Crippen LogP contribution in [0.25, 0.3) is 33.4 Å². The second-order valence-electron chi connectivity index (χ2n) is 9.10. The summed E-state index contributed by atoms with van der Waals surface area (Å²) in [6.07, 6.45) is -4.13. The quantitative estimate of drug-likeness (QED) is 0.319. The van der Waals surface area contributed by atoms with Gasteiger partial charge in [0.25, 0.3) is 5.89 Å². The van der Waals surface area contributed by atoms with Crippen LogP contribution in [0.2, 0.25) is 0 Å². The normalized spacial score (nSPS) is 17.4. The van der Waals surface area contributed by atoms with Crippen molar-refractivity contribution in [3.63, 3.8) is 0 Å². The van der Waals surface area contributed by atoms with E-state index in [0.29, 0.717) is 54.3 Å². The first-order valence-corrected chi connectivity index (χ1v) is 12.7. The number of aliphatic carboxylic acids is 1. The molecule has 2 unspecified atom stereocenters. The number of benzene rings is 2. The maximum atomic E-state index is 14.0. The molecule has 0 spiro atoms. The minimum Gasteiger partial charge on any atom is -0.481 e. The van der Waals surface area contributed by atoms with Crippen molar-refractivity contribution in [1.29, 1.82) is 0 Å². The molecule has 38 heavy (non-hydrogen) atoms. The van der Waals surface area contributed by atoms with E-state index in [-0.39, 0.29) is 22.3 Å². The summed E-state index contributed by atoms with van der Waals surface area (Å²) in [5, 5.41) is 23.8. The molecule has 2 aromatic carbocycles. The Labute approximate surface area is 219 Å². The smallest absolute Gasteiger partial charge is 0.420 e. The Kier molecular flexibility index (Phi) is 7.28. The first-order chi connectivity index (χ1) is 18.2. The highest BCUT2D eigenvalue weighted by Crippen LogP contribution is 2.45. The number of likely N-dealkylation sites (tertiary alicyclic amines) is 1. The van der Waals surface area contributed by atoms with Gasteiger partial charge >= 0.3 is 12.1 Å². The lowest BCUT2D eigenvalue weighted by atomic mass is 9.97. The summed E-state index contributed by atoms with van der Waals surface area (Å²) in [6, 6.07) is 14.7. The number of aromatic nitrogens is 3. The second kappa shape index (κ2) is 10.6. The molecule has 0 bridgehead atoms. The van der Waals surface area contributed by atoms with Crippen LogP contribution in [0.3, 0.4) is 0 Å². The van der Waals surface area contributed by atoms with Gasteiger partial charge in [0.2, 0.25) is 5.82 Å². The Bertz CT molecular complexity index is 1410. The van der Waals surface area contributed by atoms with Crippen LogP contribution in [0, 0.1) is 5.92 Å². The van der Waals surface area contributed by atoms with Gasteiger partial charge in [-0.3, -0.25) is 9.69 Å². The largest absolute Gasteiger partial charge is 0.481 e. The number of hydrogen-bond donors (Lipinski definition) is 2. The lowest BCUT2D eigenvalue weighted by Gasteiger charge is -2.32.